The highest BCUT2D eigenvalue weighted by Crippen LogP contribution is 2.25. The first kappa shape index (κ1) is 16.1. The van der Waals surface area contributed by atoms with Crippen molar-refractivity contribution in [3.63, 3.8) is 0 Å². The van der Waals surface area contributed by atoms with E-state index < -0.39 is 10.8 Å². The van der Waals surface area contributed by atoms with E-state index >= 15 is 0 Å². The molecule has 0 aliphatic heterocycles. The fourth-order valence-electron chi connectivity index (χ4n) is 1.36. The summed E-state index contributed by atoms with van der Waals surface area (Å²) in [6.45, 7) is 2.21. The second-order valence-corrected chi connectivity index (χ2v) is 4.87. The molecule has 1 aromatic rings. The molecular weight excluding hydrogens is 330 g/mol. The van der Waals surface area contributed by atoms with Crippen LogP contribution >= 0.6 is 15.9 Å². The van der Waals surface area contributed by atoms with Crippen LogP contribution in [-0.4, -0.2) is 41.8 Å². The number of carbonyl (C=O) groups excluding carboxylic acids is 2. The van der Waals surface area contributed by atoms with Crippen LogP contribution in [0.2, 0.25) is 0 Å². The van der Waals surface area contributed by atoms with E-state index in [1.807, 2.05) is 6.92 Å². The Kier molecular flexibility index (Phi) is 5.63. The van der Waals surface area contributed by atoms with E-state index in [1.165, 1.54) is 17.0 Å². The number of nitro benzene ring substituents is 1. The van der Waals surface area contributed by atoms with Crippen molar-refractivity contribution in [2.75, 3.05) is 20.1 Å². The number of hydrogen-bond donors (Lipinski definition) is 1. The minimum absolute atomic E-state index is 0.131. The molecule has 0 fully saturated rings. The van der Waals surface area contributed by atoms with Crippen LogP contribution in [0.5, 0.6) is 0 Å². The average Bonchev–Trinajstić information content (AvgIpc) is 2.43. The molecule has 2 amide bonds. The summed E-state index contributed by atoms with van der Waals surface area (Å²) in [5.41, 5.74) is -0.0681. The van der Waals surface area contributed by atoms with Crippen molar-refractivity contribution in [3.05, 3.63) is 38.3 Å². The number of nitrogens with zero attached hydrogens (tertiary/aromatic N) is 2. The molecule has 8 heteroatoms. The van der Waals surface area contributed by atoms with Gasteiger partial charge >= 0.3 is 0 Å². The Morgan fingerprint density at radius 3 is 2.65 bits per heavy atom. The molecule has 0 aliphatic rings. The lowest BCUT2D eigenvalue weighted by Crippen LogP contribution is -2.38. The van der Waals surface area contributed by atoms with Gasteiger partial charge in [-0.2, -0.15) is 0 Å². The van der Waals surface area contributed by atoms with Gasteiger partial charge in [-0.25, -0.2) is 0 Å². The van der Waals surface area contributed by atoms with Crippen LogP contribution < -0.4 is 5.32 Å². The number of hydrogen-bond acceptors (Lipinski definition) is 4. The van der Waals surface area contributed by atoms with Gasteiger partial charge in [0.2, 0.25) is 5.91 Å². The quantitative estimate of drug-likeness (QED) is 0.648. The summed E-state index contributed by atoms with van der Waals surface area (Å²) in [6.07, 6.45) is 0. The Bertz CT molecular complexity index is 548. The predicted octanol–water partition coefficient (Wildman–Crippen LogP) is 1.57. The van der Waals surface area contributed by atoms with Crippen LogP contribution in [0.1, 0.15) is 17.3 Å². The van der Waals surface area contributed by atoms with Crippen molar-refractivity contribution >= 4 is 33.4 Å². The van der Waals surface area contributed by atoms with E-state index in [0.29, 0.717) is 11.0 Å². The lowest BCUT2D eigenvalue weighted by Gasteiger charge is -2.14. The predicted molar refractivity (Wildman–Crippen MR) is 76.4 cm³/mol. The minimum Gasteiger partial charge on any atom is -0.345 e. The van der Waals surface area contributed by atoms with Crippen molar-refractivity contribution in [3.8, 4) is 0 Å². The first-order valence-corrected chi connectivity index (χ1v) is 6.62. The van der Waals surface area contributed by atoms with Gasteiger partial charge in [-0.3, -0.25) is 19.7 Å². The van der Waals surface area contributed by atoms with Gasteiger partial charge in [0.05, 0.1) is 15.9 Å². The van der Waals surface area contributed by atoms with E-state index in [0.717, 1.165) is 6.07 Å². The average molecular weight is 344 g/mol. The van der Waals surface area contributed by atoms with Crippen LogP contribution in [0.15, 0.2) is 22.7 Å². The second-order valence-electron chi connectivity index (χ2n) is 4.01. The Labute approximate surface area is 124 Å². The normalized spacial score (nSPS) is 9.95. The van der Waals surface area contributed by atoms with Gasteiger partial charge in [-0.15, -0.1) is 0 Å². The zero-order valence-corrected chi connectivity index (χ0v) is 12.6. The summed E-state index contributed by atoms with van der Waals surface area (Å²) in [7, 11) is 1.62. The first-order chi connectivity index (χ1) is 9.36. The summed E-state index contributed by atoms with van der Waals surface area (Å²) in [5, 5.41) is 13.2. The van der Waals surface area contributed by atoms with Crippen molar-refractivity contribution < 1.29 is 14.5 Å². The van der Waals surface area contributed by atoms with Crippen LogP contribution in [0.25, 0.3) is 0 Å². The number of amides is 2. The van der Waals surface area contributed by atoms with Gasteiger partial charge in [-0.1, -0.05) is 0 Å². The molecule has 0 atom stereocenters. The van der Waals surface area contributed by atoms with Crippen LogP contribution in [0.3, 0.4) is 0 Å². The summed E-state index contributed by atoms with van der Waals surface area (Å²) in [4.78, 5) is 35.0. The molecule has 0 aliphatic carbocycles. The number of carbonyl (C=O) groups is 2. The molecule has 1 rings (SSSR count). The van der Waals surface area contributed by atoms with Gasteiger partial charge in [0, 0.05) is 25.2 Å². The second kappa shape index (κ2) is 6.99. The standard InChI is InChI=1S/C12H14BrN3O4/c1-3-15(2)11(17)7-14-12(18)8-4-5-9(13)10(6-8)16(19)20/h4-6H,3,7H2,1-2H3,(H,14,18). The summed E-state index contributed by atoms with van der Waals surface area (Å²) in [6, 6.07) is 4.03. The molecule has 0 unspecified atom stereocenters. The van der Waals surface area contributed by atoms with Gasteiger partial charge in [0.25, 0.3) is 11.6 Å². The largest absolute Gasteiger partial charge is 0.345 e. The molecule has 0 bridgehead atoms. The molecule has 0 aromatic heterocycles. The van der Waals surface area contributed by atoms with E-state index in [9.17, 15) is 19.7 Å². The first-order valence-electron chi connectivity index (χ1n) is 5.83. The van der Waals surface area contributed by atoms with Gasteiger partial charge < -0.3 is 10.2 Å². The summed E-state index contributed by atoms with van der Waals surface area (Å²) >= 11 is 3.04. The fourth-order valence-corrected chi connectivity index (χ4v) is 1.75. The third-order valence-electron chi connectivity index (χ3n) is 2.71. The number of nitrogens with one attached hydrogen (secondary N) is 1. The fraction of sp³-hybridized carbons (Fsp3) is 0.333. The smallest absolute Gasteiger partial charge is 0.284 e. The highest BCUT2D eigenvalue weighted by Gasteiger charge is 2.16. The van der Waals surface area contributed by atoms with Crippen molar-refractivity contribution in [2.45, 2.75) is 6.92 Å². The van der Waals surface area contributed by atoms with Crippen LogP contribution in [0.4, 0.5) is 5.69 Å². The van der Waals surface area contributed by atoms with E-state index in [1.54, 1.807) is 7.05 Å². The van der Waals surface area contributed by atoms with Gasteiger partial charge in [0.15, 0.2) is 0 Å². The topological polar surface area (TPSA) is 92.6 Å². The lowest BCUT2D eigenvalue weighted by molar-refractivity contribution is -0.385. The van der Waals surface area contributed by atoms with E-state index in [2.05, 4.69) is 21.2 Å². The van der Waals surface area contributed by atoms with Gasteiger partial charge in [-0.05, 0) is 35.0 Å². The monoisotopic (exact) mass is 343 g/mol. The Morgan fingerprint density at radius 1 is 1.45 bits per heavy atom. The van der Waals surface area contributed by atoms with Gasteiger partial charge in [0.1, 0.15) is 0 Å². The lowest BCUT2D eigenvalue weighted by atomic mass is 10.2. The number of benzene rings is 1. The Hall–Kier alpha value is -1.96. The highest BCUT2D eigenvalue weighted by atomic mass is 79.9. The molecule has 0 heterocycles. The molecule has 1 N–H and O–H groups in total. The van der Waals surface area contributed by atoms with E-state index in [4.69, 9.17) is 0 Å². The Morgan fingerprint density at radius 2 is 2.10 bits per heavy atom. The van der Waals surface area contributed by atoms with E-state index in [-0.39, 0.29) is 23.7 Å². The maximum Gasteiger partial charge on any atom is 0.284 e. The number of nitro groups is 1. The molecule has 108 valence electrons. The molecule has 7 nitrogen and oxygen atoms in total. The molecule has 0 spiro atoms. The number of rotatable bonds is 5. The number of likely N-dealkylation sites (N-methyl/N-ethyl adjacent to an activating group) is 1. The van der Waals surface area contributed by atoms with Crippen LogP contribution in [0, 0.1) is 10.1 Å². The molecule has 1 aromatic carbocycles. The third-order valence-corrected chi connectivity index (χ3v) is 3.38. The molecule has 0 saturated heterocycles. The zero-order chi connectivity index (χ0) is 15.3. The minimum atomic E-state index is -0.586. The third kappa shape index (κ3) is 4.02. The van der Waals surface area contributed by atoms with Crippen molar-refractivity contribution in [2.24, 2.45) is 0 Å². The number of halogens is 1. The summed E-state index contributed by atoms with van der Waals surface area (Å²) in [5.74, 6) is -0.758. The van der Waals surface area contributed by atoms with Crippen molar-refractivity contribution in [1.29, 1.82) is 0 Å². The SMILES string of the molecule is CCN(C)C(=O)CNC(=O)c1ccc(Br)c([N+](=O)[O-])c1. The maximum absolute atomic E-state index is 11.8. The zero-order valence-electron chi connectivity index (χ0n) is 11.1. The van der Waals surface area contributed by atoms with Crippen LogP contribution in [-0.2, 0) is 4.79 Å². The highest BCUT2D eigenvalue weighted by molar-refractivity contribution is 9.10. The molecular formula is C12H14BrN3O4. The summed E-state index contributed by atoms with van der Waals surface area (Å²) < 4.78 is 0.292. The van der Waals surface area contributed by atoms with Crippen molar-refractivity contribution in [1.82, 2.24) is 10.2 Å². The molecule has 0 radical (unpaired) electrons. The Balaban J connectivity index is 2.76. The maximum atomic E-state index is 11.8. The molecule has 0 saturated carbocycles. The molecule has 20 heavy (non-hydrogen) atoms.